The Labute approximate surface area is 179 Å². The number of amides is 1. The number of Topliss-reactive ketones (excluding diaryl/α,β-unsaturated/α-hetero) is 1. The van der Waals surface area contributed by atoms with E-state index in [0.29, 0.717) is 17.0 Å². The second kappa shape index (κ2) is 7.85. The lowest BCUT2D eigenvalue weighted by atomic mass is 10.1. The van der Waals surface area contributed by atoms with Gasteiger partial charge in [-0.1, -0.05) is 45.7 Å². The Morgan fingerprint density at radius 1 is 1.17 bits per heavy atom. The van der Waals surface area contributed by atoms with Crippen molar-refractivity contribution in [2.24, 2.45) is 0 Å². The van der Waals surface area contributed by atoms with Crippen molar-refractivity contribution in [1.29, 1.82) is 0 Å². The van der Waals surface area contributed by atoms with Gasteiger partial charge in [0.25, 0.3) is 11.7 Å². The number of halogens is 2. The number of carbonyl (C=O) groups is 3. The maximum absolute atomic E-state index is 12.8. The van der Waals surface area contributed by atoms with Crippen LogP contribution in [0.15, 0.2) is 64.9 Å². The van der Waals surface area contributed by atoms with Gasteiger partial charge in [-0.2, -0.15) is 0 Å². The molecule has 1 amide bonds. The summed E-state index contributed by atoms with van der Waals surface area (Å²) in [6.07, 6.45) is 2.82. The number of rotatable bonds is 5. The Morgan fingerprint density at radius 3 is 2.62 bits per heavy atom. The molecule has 8 heteroatoms. The molecule has 146 valence electrons. The third-order valence-electron chi connectivity index (χ3n) is 4.50. The fraction of sp³-hybridized carbons (Fsp3) is 0.0952. The van der Waals surface area contributed by atoms with Crippen LogP contribution in [0.5, 0.6) is 0 Å². The fourth-order valence-corrected chi connectivity index (χ4v) is 3.61. The number of aromatic nitrogens is 1. The van der Waals surface area contributed by atoms with Crippen molar-refractivity contribution in [2.45, 2.75) is 6.54 Å². The van der Waals surface area contributed by atoms with E-state index in [1.807, 2.05) is 28.8 Å². The van der Waals surface area contributed by atoms with Crippen LogP contribution >= 0.6 is 27.5 Å². The summed E-state index contributed by atoms with van der Waals surface area (Å²) in [6, 6.07) is 12.9. The van der Waals surface area contributed by atoms with Gasteiger partial charge in [-0.3, -0.25) is 9.59 Å². The SMILES string of the molecule is O=C1C=C(NC(=O)C(=O)c2cn(Cc3ccc(Cl)cc3)c3cc(Br)ccc23)CO1. The van der Waals surface area contributed by atoms with E-state index in [0.717, 1.165) is 21.6 Å². The summed E-state index contributed by atoms with van der Waals surface area (Å²) in [5, 5.41) is 3.75. The summed E-state index contributed by atoms with van der Waals surface area (Å²) in [4.78, 5) is 36.4. The number of hydrogen-bond acceptors (Lipinski definition) is 4. The van der Waals surface area contributed by atoms with Gasteiger partial charge in [0.1, 0.15) is 6.61 Å². The second-order valence-corrected chi connectivity index (χ2v) is 7.87. The molecule has 1 aromatic heterocycles. The first-order valence-corrected chi connectivity index (χ1v) is 9.83. The zero-order valence-electron chi connectivity index (χ0n) is 14.9. The Hall–Kier alpha value is -2.90. The number of ketones is 1. The summed E-state index contributed by atoms with van der Waals surface area (Å²) >= 11 is 9.41. The van der Waals surface area contributed by atoms with Crippen molar-refractivity contribution in [3.63, 3.8) is 0 Å². The normalized spacial score (nSPS) is 13.3. The molecule has 4 rings (SSSR count). The van der Waals surface area contributed by atoms with E-state index < -0.39 is 17.7 Å². The smallest absolute Gasteiger partial charge is 0.333 e. The number of carbonyl (C=O) groups excluding carboxylic acids is 3. The molecule has 2 heterocycles. The molecule has 0 saturated heterocycles. The van der Waals surface area contributed by atoms with E-state index in [2.05, 4.69) is 21.2 Å². The minimum atomic E-state index is -0.817. The fourth-order valence-electron chi connectivity index (χ4n) is 3.13. The first-order valence-electron chi connectivity index (χ1n) is 8.66. The van der Waals surface area contributed by atoms with Crippen molar-refractivity contribution in [2.75, 3.05) is 6.61 Å². The molecule has 29 heavy (non-hydrogen) atoms. The van der Waals surface area contributed by atoms with E-state index >= 15 is 0 Å². The molecule has 0 radical (unpaired) electrons. The molecule has 3 aromatic rings. The minimum absolute atomic E-state index is 0.0525. The van der Waals surface area contributed by atoms with Gasteiger partial charge in [0.15, 0.2) is 0 Å². The van der Waals surface area contributed by atoms with Gasteiger partial charge >= 0.3 is 5.97 Å². The second-order valence-electron chi connectivity index (χ2n) is 6.52. The maximum atomic E-state index is 12.8. The molecule has 0 atom stereocenters. The van der Waals surface area contributed by atoms with Crippen molar-refractivity contribution < 1.29 is 19.1 Å². The van der Waals surface area contributed by atoms with E-state index in [4.69, 9.17) is 16.3 Å². The lowest BCUT2D eigenvalue weighted by molar-refractivity contribution is -0.135. The van der Waals surface area contributed by atoms with Crippen molar-refractivity contribution in [3.8, 4) is 0 Å². The van der Waals surface area contributed by atoms with Crippen LogP contribution in [0.3, 0.4) is 0 Å². The molecule has 0 spiro atoms. The number of benzene rings is 2. The molecule has 1 N–H and O–H groups in total. The molecule has 0 bridgehead atoms. The van der Waals surface area contributed by atoms with Gasteiger partial charge in [0.2, 0.25) is 0 Å². The van der Waals surface area contributed by atoms with Crippen LogP contribution in [-0.4, -0.2) is 28.8 Å². The highest BCUT2D eigenvalue weighted by Crippen LogP contribution is 2.27. The number of nitrogens with one attached hydrogen (secondary N) is 1. The summed E-state index contributed by atoms with van der Waals surface area (Å²) in [7, 11) is 0. The summed E-state index contributed by atoms with van der Waals surface area (Å²) in [5.41, 5.74) is 2.36. The molecular weight excluding hydrogens is 460 g/mol. The lowest BCUT2D eigenvalue weighted by Gasteiger charge is -2.06. The quantitative estimate of drug-likeness (QED) is 0.347. The lowest BCUT2D eigenvalue weighted by Crippen LogP contribution is -2.31. The number of nitrogens with zero attached hydrogens (tertiary/aromatic N) is 1. The topological polar surface area (TPSA) is 77.4 Å². The van der Waals surface area contributed by atoms with Crippen LogP contribution < -0.4 is 5.32 Å². The van der Waals surface area contributed by atoms with Crippen molar-refractivity contribution in [1.82, 2.24) is 9.88 Å². The first-order chi connectivity index (χ1) is 13.9. The van der Waals surface area contributed by atoms with E-state index in [1.165, 1.54) is 0 Å². The van der Waals surface area contributed by atoms with E-state index in [-0.39, 0.29) is 17.9 Å². The molecule has 0 saturated carbocycles. The van der Waals surface area contributed by atoms with Crippen LogP contribution in [0.1, 0.15) is 15.9 Å². The van der Waals surface area contributed by atoms with Gasteiger partial charge in [-0.25, -0.2) is 4.79 Å². The monoisotopic (exact) mass is 472 g/mol. The zero-order chi connectivity index (χ0) is 20.5. The first kappa shape index (κ1) is 19.4. The molecular formula is C21H14BrClN2O4. The number of ether oxygens (including phenoxy) is 1. The Kier molecular flexibility index (Phi) is 5.25. The van der Waals surface area contributed by atoms with Crippen LogP contribution in [0.2, 0.25) is 5.02 Å². The minimum Gasteiger partial charge on any atom is -0.456 e. The average Bonchev–Trinajstić information content (AvgIpc) is 3.26. The summed E-state index contributed by atoms with van der Waals surface area (Å²) in [6.45, 7) is 0.454. The molecule has 0 fully saturated rings. The third-order valence-corrected chi connectivity index (χ3v) is 5.24. The zero-order valence-corrected chi connectivity index (χ0v) is 17.3. The molecule has 0 unspecified atom stereocenters. The highest BCUT2D eigenvalue weighted by molar-refractivity contribution is 9.10. The average molecular weight is 474 g/mol. The molecule has 6 nitrogen and oxygen atoms in total. The third kappa shape index (κ3) is 4.11. The molecule has 0 aliphatic carbocycles. The van der Waals surface area contributed by atoms with E-state index in [1.54, 1.807) is 24.4 Å². The summed E-state index contributed by atoms with van der Waals surface area (Å²) in [5.74, 6) is -2.05. The van der Waals surface area contributed by atoms with Gasteiger partial charge < -0.3 is 14.6 Å². The maximum Gasteiger partial charge on any atom is 0.333 e. The molecule has 1 aliphatic rings. The van der Waals surface area contributed by atoms with Gasteiger partial charge in [-0.05, 0) is 29.8 Å². The van der Waals surface area contributed by atoms with Crippen LogP contribution in [0.4, 0.5) is 0 Å². The predicted molar refractivity (Wildman–Crippen MR) is 112 cm³/mol. The molecule has 2 aromatic carbocycles. The van der Waals surface area contributed by atoms with Gasteiger partial charge in [-0.15, -0.1) is 0 Å². The van der Waals surface area contributed by atoms with Gasteiger partial charge in [0, 0.05) is 33.7 Å². The Balaban J connectivity index is 1.68. The van der Waals surface area contributed by atoms with Crippen LogP contribution in [-0.2, 0) is 20.9 Å². The number of esters is 1. The predicted octanol–water partition coefficient (Wildman–Crippen LogP) is 3.85. The van der Waals surface area contributed by atoms with E-state index in [9.17, 15) is 14.4 Å². The standard InChI is InChI=1S/C21H14BrClN2O4/c22-13-3-6-16-17(20(27)21(28)24-15-8-19(26)29-11-15)10-25(18(16)7-13)9-12-1-4-14(23)5-2-12/h1-8,10H,9,11H2,(H,24,28). The van der Waals surface area contributed by atoms with Gasteiger partial charge in [0.05, 0.1) is 16.8 Å². The van der Waals surface area contributed by atoms with Crippen molar-refractivity contribution >= 4 is 56.1 Å². The summed E-state index contributed by atoms with van der Waals surface area (Å²) < 4.78 is 7.50. The number of fused-ring (bicyclic) bond motifs is 1. The Bertz CT molecular complexity index is 1180. The largest absolute Gasteiger partial charge is 0.456 e. The highest BCUT2D eigenvalue weighted by Gasteiger charge is 2.24. The number of hydrogen-bond donors (Lipinski definition) is 1. The highest BCUT2D eigenvalue weighted by atomic mass is 79.9. The number of cyclic esters (lactones) is 1. The van der Waals surface area contributed by atoms with Crippen LogP contribution in [0.25, 0.3) is 10.9 Å². The van der Waals surface area contributed by atoms with Crippen LogP contribution in [0, 0.1) is 0 Å². The van der Waals surface area contributed by atoms with Crippen molar-refractivity contribution in [3.05, 3.63) is 81.1 Å². The molecule has 1 aliphatic heterocycles. The Morgan fingerprint density at radius 2 is 1.93 bits per heavy atom.